The molecule has 5 nitrogen and oxygen atoms in total. The predicted octanol–water partition coefficient (Wildman–Crippen LogP) is 3.73. The van der Waals surface area contributed by atoms with Crippen molar-refractivity contribution in [1.82, 2.24) is 5.43 Å². The number of carbonyl (C=O) groups is 1. The normalized spacial score (nSPS) is 11.2. The fourth-order valence-electron chi connectivity index (χ4n) is 1.74. The van der Waals surface area contributed by atoms with E-state index in [9.17, 15) is 9.90 Å². The van der Waals surface area contributed by atoms with Crippen molar-refractivity contribution >= 4 is 39.1 Å². The van der Waals surface area contributed by atoms with Crippen LogP contribution in [0.5, 0.6) is 11.5 Å². The zero-order valence-corrected chi connectivity index (χ0v) is 14.6. The standard InChI is InChI=1S/C16H14BrClN2O3/c1-10(14-8-12(18)5-6-15(14)21)19-20-16(22)9-23-13-4-2-3-11(17)7-13/h2-8,21H,9H2,1H3,(H,20,22)/b19-10+. The highest BCUT2D eigenvalue weighted by molar-refractivity contribution is 9.10. The van der Waals surface area contributed by atoms with Crippen LogP contribution in [0.4, 0.5) is 0 Å². The maximum absolute atomic E-state index is 11.7. The van der Waals surface area contributed by atoms with Crippen molar-refractivity contribution in [3.63, 3.8) is 0 Å². The molecule has 2 aromatic carbocycles. The van der Waals surface area contributed by atoms with Gasteiger partial charge in [-0.3, -0.25) is 4.79 Å². The number of amides is 1. The van der Waals surface area contributed by atoms with Crippen LogP contribution in [0.1, 0.15) is 12.5 Å². The van der Waals surface area contributed by atoms with Crippen molar-refractivity contribution in [2.75, 3.05) is 6.61 Å². The number of phenols is 1. The van der Waals surface area contributed by atoms with Crippen LogP contribution in [-0.4, -0.2) is 23.3 Å². The second-order valence-corrected chi connectivity index (χ2v) is 5.99. The number of hydrazone groups is 1. The van der Waals surface area contributed by atoms with E-state index >= 15 is 0 Å². The number of hydrogen-bond acceptors (Lipinski definition) is 4. The Morgan fingerprint density at radius 1 is 1.35 bits per heavy atom. The lowest BCUT2D eigenvalue weighted by Gasteiger charge is -2.07. The summed E-state index contributed by atoms with van der Waals surface area (Å²) in [5.41, 5.74) is 3.25. The van der Waals surface area contributed by atoms with Gasteiger partial charge in [0.15, 0.2) is 6.61 Å². The number of benzene rings is 2. The van der Waals surface area contributed by atoms with Gasteiger partial charge >= 0.3 is 0 Å². The molecule has 0 unspecified atom stereocenters. The SMILES string of the molecule is C/C(=N\NC(=O)COc1cccc(Br)c1)c1cc(Cl)ccc1O. The van der Waals surface area contributed by atoms with Gasteiger partial charge in [0, 0.05) is 15.1 Å². The van der Waals surface area contributed by atoms with E-state index in [1.165, 1.54) is 6.07 Å². The van der Waals surface area contributed by atoms with E-state index in [0.29, 0.717) is 22.0 Å². The number of phenolic OH excluding ortho intramolecular Hbond substituents is 1. The van der Waals surface area contributed by atoms with Crippen LogP contribution in [0.15, 0.2) is 52.0 Å². The maximum atomic E-state index is 11.7. The molecule has 0 fully saturated rings. The molecule has 0 aliphatic heterocycles. The molecule has 2 aromatic rings. The number of nitrogens with one attached hydrogen (secondary N) is 1. The summed E-state index contributed by atoms with van der Waals surface area (Å²) in [7, 11) is 0. The molecule has 0 aliphatic rings. The summed E-state index contributed by atoms with van der Waals surface area (Å²) in [6.45, 7) is 1.48. The lowest BCUT2D eigenvalue weighted by molar-refractivity contribution is -0.123. The van der Waals surface area contributed by atoms with Gasteiger partial charge < -0.3 is 9.84 Å². The second kappa shape index (κ2) is 7.99. The first kappa shape index (κ1) is 17.3. The Hall–Kier alpha value is -2.05. The molecule has 2 N–H and O–H groups in total. The number of hydrogen-bond donors (Lipinski definition) is 2. The molecular weight excluding hydrogens is 384 g/mol. The molecular formula is C16H14BrClN2O3. The van der Waals surface area contributed by atoms with Gasteiger partial charge in [0.2, 0.25) is 0 Å². The van der Waals surface area contributed by atoms with Crippen LogP contribution in [-0.2, 0) is 4.79 Å². The third-order valence-electron chi connectivity index (χ3n) is 2.86. The van der Waals surface area contributed by atoms with E-state index < -0.39 is 5.91 Å². The Morgan fingerprint density at radius 3 is 2.87 bits per heavy atom. The van der Waals surface area contributed by atoms with E-state index in [1.807, 2.05) is 12.1 Å². The van der Waals surface area contributed by atoms with Crippen LogP contribution < -0.4 is 10.2 Å². The topological polar surface area (TPSA) is 70.9 Å². The monoisotopic (exact) mass is 396 g/mol. The van der Waals surface area contributed by atoms with Gasteiger partial charge in [0.05, 0.1) is 5.71 Å². The molecule has 0 radical (unpaired) electrons. The van der Waals surface area contributed by atoms with Crippen molar-refractivity contribution in [2.24, 2.45) is 5.10 Å². The summed E-state index contributed by atoms with van der Waals surface area (Å²) < 4.78 is 6.21. The minimum atomic E-state index is -0.411. The van der Waals surface area contributed by atoms with E-state index in [4.69, 9.17) is 16.3 Å². The quantitative estimate of drug-likeness (QED) is 0.596. The Labute approximate surface area is 147 Å². The Kier molecular flexibility index (Phi) is 6.01. The van der Waals surface area contributed by atoms with Crippen LogP contribution in [0.3, 0.4) is 0 Å². The van der Waals surface area contributed by atoms with Gasteiger partial charge in [0.25, 0.3) is 5.91 Å². The van der Waals surface area contributed by atoms with Crippen molar-refractivity contribution in [3.05, 3.63) is 57.5 Å². The highest BCUT2D eigenvalue weighted by Crippen LogP contribution is 2.22. The molecule has 0 saturated heterocycles. The number of carbonyl (C=O) groups excluding carboxylic acids is 1. The summed E-state index contributed by atoms with van der Waals surface area (Å²) >= 11 is 9.20. The fraction of sp³-hybridized carbons (Fsp3) is 0.125. The van der Waals surface area contributed by atoms with Crippen molar-refractivity contribution < 1.29 is 14.6 Å². The molecule has 0 aromatic heterocycles. The second-order valence-electron chi connectivity index (χ2n) is 4.64. The van der Waals surface area contributed by atoms with Crippen molar-refractivity contribution in [1.29, 1.82) is 0 Å². The zero-order valence-electron chi connectivity index (χ0n) is 12.2. The first-order chi connectivity index (χ1) is 11.0. The van der Waals surface area contributed by atoms with Gasteiger partial charge in [-0.2, -0.15) is 5.10 Å². The molecule has 120 valence electrons. The molecule has 7 heteroatoms. The van der Waals surface area contributed by atoms with Crippen molar-refractivity contribution in [2.45, 2.75) is 6.92 Å². The average molecular weight is 398 g/mol. The molecule has 23 heavy (non-hydrogen) atoms. The third kappa shape index (κ3) is 5.26. The molecule has 0 saturated carbocycles. The minimum absolute atomic E-state index is 0.0373. The van der Waals surface area contributed by atoms with Gasteiger partial charge in [-0.1, -0.05) is 33.6 Å². The zero-order chi connectivity index (χ0) is 16.8. The van der Waals surface area contributed by atoms with Gasteiger partial charge in [-0.05, 0) is 43.3 Å². The third-order valence-corrected chi connectivity index (χ3v) is 3.59. The van der Waals surface area contributed by atoms with E-state index in [-0.39, 0.29) is 12.4 Å². The fourth-order valence-corrected chi connectivity index (χ4v) is 2.29. The smallest absolute Gasteiger partial charge is 0.277 e. The van der Waals surface area contributed by atoms with Gasteiger partial charge in [-0.15, -0.1) is 0 Å². The highest BCUT2D eigenvalue weighted by atomic mass is 79.9. The lowest BCUT2D eigenvalue weighted by Crippen LogP contribution is -2.25. The number of rotatable bonds is 5. The van der Waals surface area contributed by atoms with Crippen LogP contribution in [0, 0.1) is 0 Å². The number of aromatic hydroxyl groups is 1. The van der Waals surface area contributed by atoms with Crippen LogP contribution in [0.25, 0.3) is 0 Å². The summed E-state index contributed by atoms with van der Waals surface area (Å²) in [6, 6.07) is 11.8. The summed E-state index contributed by atoms with van der Waals surface area (Å²) in [6.07, 6.45) is 0. The van der Waals surface area contributed by atoms with Crippen molar-refractivity contribution in [3.8, 4) is 11.5 Å². The van der Waals surface area contributed by atoms with E-state index in [1.54, 1.807) is 31.2 Å². The number of halogens is 2. The largest absolute Gasteiger partial charge is 0.507 e. The molecule has 0 bridgehead atoms. The lowest BCUT2D eigenvalue weighted by atomic mass is 10.1. The van der Waals surface area contributed by atoms with E-state index in [0.717, 1.165) is 4.47 Å². The summed E-state index contributed by atoms with van der Waals surface area (Å²) in [4.78, 5) is 11.7. The molecule has 0 atom stereocenters. The predicted molar refractivity (Wildman–Crippen MR) is 93.1 cm³/mol. The summed E-state index contributed by atoms with van der Waals surface area (Å²) in [5, 5.41) is 14.2. The number of nitrogens with zero attached hydrogens (tertiary/aromatic N) is 1. The molecule has 0 heterocycles. The molecule has 1 amide bonds. The average Bonchev–Trinajstić information content (AvgIpc) is 2.53. The first-order valence-electron chi connectivity index (χ1n) is 6.66. The van der Waals surface area contributed by atoms with Crippen LogP contribution in [0.2, 0.25) is 5.02 Å². The Balaban J connectivity index is 1.93. The van der Waals surface area contributed by atoms with Gasteiger partial charge in [-0.25, -0.2) is 5.43 Å². The summed E-state index contributed by atoms with van der Waals surface area (Å²) in [5.74, 6) is 0.198. The first-order valence-corrected chi connectivity index (χ1v) is 7.83. The van der Waals surface area contributed by atoms with Crippen LogP contribution >= 0.6 is 27.5 Å². The molecule has 2 rings (SSSR count). The Morgan fingerprint density at radius 2 is 2.13 bits per heavy atom. The minimum Gasteiger partial charge on any atom is -0.507 e. The number of ether oxygens (including phenoxy) is 1. The molecule has 0 aliphatic carbocycles. The molecule has 0 spiro atoms. The Bertz CT molecular complexity index is 750. The van der Waals surface area contributed by atoms with Gasteiger partial charge in [0.1, 0.15) is 11.5 Å². The highest BCUT2D eigenvalue weighted by Gasteiger charge is 2.07. The maximum Gasteiger partial charge on any atom is 0.277 e. The van der Waals surface area contributed by atoms with E-state index in [2.05, 4.69) is 26.5 Å².